The quantitative estimate of drug-likeness (QED) is 0.685. The maximum absolute atomic E-state index is 11.7. The number of aliphatic hydroxyl groups excluding tert-OH is 1. The fourth-order valence-corrected chi connectivity index (χ4v) is 3.49. The van der Waals surface area contributed by atoms with Gasteiger partial charge in [0.05, 0.1) is 5.75 Å². The molecule has 0 aromatic rings. The first-order valence-corrected chi connectivity index (χ1v) is 7.41. The Morgan fingerprint density at radius 2 is 2.19 bits per heavy atom. The maximum Gasteiger partial charge on any atom is 0.212 e. The molecule has 0 saturated heterocycles. The molecule has 0 spiro atoms. The van der Waals surface area contributed by atoms with Crippen LogP contribution < -0.4 is 4.72 Å². The second-order valence-corrected chi connectivity index (χ2v) is 6.38. The lowest BCUT2D eigenvalue weighted by atomic mass is 10.1. The molecule has 5 heteroatoms. The fourth-order valence-electron chi connectivity index (χ4n) is 1.77. The van der Waals surface area contributed by atoms with Crippen LogP contribution in [0.15, 0.2) is 12.2 Å². The molecule has 0 heterocycles. The van der Waals surface area contributed by atoms with Gasteiger partial charge < -0.3 is 5.11 Å². The minimum Gasteiger partial charge on any atom is -0.396 e. The van der Waals surface area contributed by atoms with Gasteiger partial charge in [-0.2, -0.15) is 0 Å². The number of hydrogen-bond acceptors (Lipinski definition) is 3. The molecule has 94 valence electrons. The minimum absolute atomic E-state index is 0.0834. The molecule has 0 saturated carbocycles. The van der Waals surface area contributed by atoms with Crippen molar-refractivity contribution in [3.8, 4) is 0 Å². The van der Waals surface area contributed by atoms with Crippen molar-refractivity contribution in [3.05, 3.63) is 12.2 Å². The number of aliphatic hydroxyl groups is 1. The number of sulfonamides is 1. The molecule has 1 rings (SSSR count). The summed E-state index contributed by atoms with van der Waals surface area (Å²) in [6, 6.07) is -0.147. The van der Waals surface area contributed by atoms with Gasteiger partial charge in [0.1, 0.15) is 0 Å². The van der Waals surface area contributed by atoms with Gasteiger partial charge in [0.2, 0.25) is 10.0 Å². The van der Waals surface area contributed by atoms with E-state index in [1.165, 1.54) is 0 Å². The Kier molecular flexibility index (Phi) is 4.95. The Balaban J connectivity index is 2.45. The Bertz CT molecular complexity index is 337. The Morgan fingerprint density at radius 1 is 1.50 bits per heavy atom. The molecule has 1 unspecified atom stereocenters. The molecule has 2 N–H and O–H groups in total. The summed E-state index contributed by atoms with van der Waals surface area (Å²) in [5.74, 6) is 0.449. The van der Waals surface area contributed by atoms with Crippen molar-refractivity contribution in [1.29, 1.82) is 0 Å². The van der Waals surface area contributed by atoms with Gasteiger partial charge in [-0.1, -0.05) is 32.4 Å². The second kappa shape index (κ2) is 5.80. The molecule has 0 radical (unpaired) electrons. The smallest absolute Gasteiger partial charge is 0.212 e. The number of hydrogen-bond donors (Lipinski definition) is 2. The van der Waals surface area contributed by atoms with Gasteiger partial charge in [-0.25, -0.2) is 13.1 Å². The first-order valence-electron chi connectivity index (χ1n) is 5.76. The Labute approximate surface area is 97.8 Å². The first-order chi connectivity index (χ1) is 7.46. The highest BCUT2D eigenvalue weighted by molar-refractivity contribution is 7.89. The summed E-state index contributed by atoms with van der Waals surface area (Å²) in [5.41, 5.74) is 0. The first kappa shape index (κ1) is 13.7. The molecule has 0 aromatic heterocycles. The molecule has 1 aliphatic carbocycles. The third kappa shape index (κ3) is 4.23. The number of rotatable bonds is 6. The van der Waals surface area contributed by atoms with Gasteiger partial charge in [0.15, 0.2) is 0 Å². The zero-order chi connectivity index (χ0) is 12.2. The lowest BCUT2D eigenvalue weighted by Gasteiger charge is -2.15. The highest BCUT2D eigenvalue weighted by Gasteiger charge is 2.23. The Hall–Kier alpha value is -0.390. The normalized spacial score (nSPS) is 27.2. The van der Waals surface area contributed by atoms with Crippen LogP contribution in [0.5, 0.6) is 0 Å². The molecule has 0 aromatic carbocycles. The van der Waals surface area contributed by atoms with E-state index in [9.17, 15) is 8.42 Å². The van der Waals surface area contributed by atoms with Crippen LogP contribution in [-0.4, -0.2) is 31.9 Å². The monoisotopic (exact) mass is 247 g/mol. The molecule has 3 atom stereocenters. The summed E-state index contributed by atoms with van der Waals surface area (Å²) in [6.07, 6.45) is 5.22. The largest absolute Gasteiger partial charge is 0.396 e. The zero-order valence-electron chi connectivity index (χ0n) is 9.89. The van der Waals surface area contributed by atoms with Gasteiger partial charge in [-0.05, 0) is 12.3 Å². The van der Waals surface area contributed by atoms with E-state index in [4.69, 9.17) is 5.11 Å². The summed E-state index contributed by atoms with van der Waals surface area (Å²) in [6.45, 7) is 4.00. The maximum atomic E-state index is 11.7. The van der Waals surface area contributed by atoms with Gasteiger partial charge in [-0.3, -0.25) is 0 Å². The van der Waals surface area contributed by atoms with E-state index in [1.54, 1.807) is 0 Å². The van der Waals surface area contributed by atoms with E-state index in [0.29, 0.717) is 6.42 Å². The predicted molar refractivity (Wildman–Crippen MR) is 64.5 cm³/mol. The van der Waals surface area contributed by atoms with E-state index < -0.39 is 10.0 Å². The predicted octanol–water partition coefficient (Wildman–Crippen LogP) is 0.889. The van der Waals surface area contributed by atoms with E-state index in [-0.39, 0.29) is 30.2 Å². The third-order valence-corrected chi connectivity index (χ3v) is 4.61. The average molecular weight is 247 g/mol. The summed E-state index contributed by atoms with van der Waals surface area (Å²) in [5, 5.41) is 8.94. The van der Waals surface area contributed by atoms with Crippen molar-refractivity contribution in [1.82, 2.24) is 4.72 Å². The summed E-state index contributed by atoms with van der Waals surface area (Å²) in [4.78, 5) is 0. The molecule has 1 aliphatic rings. The topological polar surface area (TPSA) is 66.4 Å². The van der Waals surface area contributed by atoms with Crippen LogP contribution in [0.1, 0.15) is 26.7 Å². The molecular formula is C11H21NO3S. The van der Waals surface area contributed by atoms with Crippen LogP contribution >= 0.6 is 0 Å². The van der Waals surface area contributed by atoms with Crippen LogP contribution in [0.3, 0.4) is 0 Å². The van der Waals surface area contributed by atoms with Crippen molar-refractivity contribution in [3.63, 3.8) is 0 Å². The van der Waals surface area contributed by atoms with Crippen molar-refractivity contribution >= 4 is 10.0 Å². The zero-order valence-corrected chi connectivity index (χ0v) is 10.7. The SMILES string of the molecule is CCC(C)CS(=O)(=O)N[C@@H]1C=C[C@H](CO)C1. The number of nitrogens with one attached hydrogen (secondary N) is 1. The molecule has 0 bridgehead atoms. The summed E-state index contributed by atoms with van der Waals surface area (Å²) in [7, 11) is -3.19. The van der Waals surface area contributed by atoms with Gasteiger partial charge in [0.25, 0.3) is 0 Å². The van der Waals surface area contributed by atoms with E-state index in [1.807, 2.05) is 26.0 Å². The van der Waals surface area contributed by atoms with Crippen molar-refractivity contribution in [2.45, 2.75) is 32.7 Å². The second-order valence-electron chi connectivity index (χ2n) is 4.58. The summed E-state index contributed by atoms with van der Waals surface area (Å²) >= 11 is 0. The van der Waals surface area contributed by atoms with Gasteiger partial charge in [-0.15, -0.1) is 0 Å². The van der Waals surface area contributed by atoms with Crippen LogP contribution in [0.4, 0.5) is 0 Å². The van der Waals surface area contributed by atoms with Gasteiger partial charge >= 0.3 is 0 Å². The standard InChI is InChI=1S/C11H21NO3S/c1-3-9(2)8-16(14,15)12-11-5-4-10(6-11)7-13/h4-5,9-13H,3,6-8H2,1-2H3/t9?,10-,11+/m0/s1. The van der Waals surface area contributed by atoms with Crippen molar-refractivity contribution in [2.24, 2.45) is 11.8 Å². The third-order valence-electron chi connectivity index (χ3n) is 2.94. The van der Waals surface area contributed by atoms with Crippen LogP contribution in [0.2, 0.25) is 0 Å². The lowest BCUT2D eigenvalue weighted by Crippen LogP contribution is -2.36. The van der Waals surface area contributed by atoms with Crippen LogP contribution in [0.25, 0.3) is 0 Å². The molecule has 4 nitrogen and oxygen atoms in total. The highest BCUT2D eigenvalue weighted by atomic mass is 32.2. The fraction of sp³-hybridized carbons (Fsp3) is 0.818. The molecular weight excluding hydrogens is 226 g/mol. The van der Waals surface area contributed by atoms with E-state index >= 15 is 0 Å². The van der Waals surface area contributed by atoms with Crippen LogP contribution in [-0.2, 0) is 10.0 Å². The lowest BCUT2D eigenvalue weighted by molar-refractivity contribution is 0.248. The van der Waals surface area contributed by atoms with Gasteiger partial charge in [0, 0.05) is 18.6 Å². The van der Waals surface area contributed by atoms with Crippen LogP contribution in [0, 0.1) is 11.8 Å². The van der Waals surface area contributed by atoms with E-state index in [2.05, 4.69) is 4.72 Å². The van der Waals surface area contributed by atoms with E-state index in [0.717, 1.165) is 6.42 Å². The molecule has 0 aliphatic heterocycles. The Morgan fingerprint density at radius 3 is 2.69 bits per heavy atom. The molecule has 16 heavy (non-hydrogen) atoms. The molecule has 0 amide bonds. The summed E-state index contributed by atoms with van der Waals surface area (Å²) < 4.78 is 26.1. The minimum atomic E-state index is -3.19. The highest BCUT2D eigenvalue weighted by Crippen LogP contribution is 2.18. The van der Waals surface area contributed by atoms with Crippen molar-refractivity contribution < 1.29 is 13.5 Å². The average Bonchev–Trinajstić information content (AvgIpc) is 2.63. The molecule has 0 fully saturated rings. The van der Waals surface area contributed by atoms with Crippen molar-refractivity contribution in [2.75, 3.05) is 12.4 Å².